The van der Waals surface area contributed by atoms with Gasteiger partial charge in [-0.3, -0.25) is 4.79 Å². The van der Waals surface area contributed by atoms with Gasteiger partial charge in [-0.05, 0) is 25.6 Å². The van der Waals surface area contributed by atoms with Gasteiger partial charge in [-0.15, -0.1) is 0 Å². The number of furan rings is 1. The monoisotopic (exact) mass is 290 g/mol. The van der Waals surface area contributed by atoms with E-state index in [0.29, 0.717) is 13.1 Å². The third kappa shape index (κ3) is 3.95. The van der Waals surface area contributed by atoms with E-state index >= 15 is 0 Å². The van der Waals surface area contributed by atoms with Gasteiger partial charge in [0.15, 0.2) is 0 Å². The molecule has 2 aromatic heterocycles. The van der Waals surface area contributed by atoms with Crippen LogP contribution in [0.15, 0.2) is 33.6 Å². The lowest BCUT2D eigenvalue weighted by atomic mass is 10.3. The molecule has 0 radical (unpaired) electrons. The average molecular weight is 290 g/mol. The summed E-state index contributed by atoms with van der Waals surface area (Å²) in [7, 11) is 3.82. The number of rotatable bonds is 7. The number of hydrogen-bond acceptors (Lipinski definition) is 5. The summed E-state index contributed by atoms with van der Waals surface area (Å²) in [4.78, 5) is 14.1. The zero-order valence-electron chi connectivity index (χ0n) is 12.8. The van der Waals surface area contributed by atoms with Gasteiger partial charge in [0.2, 0.25) is 0 Å². The van der Waals surface area contributed by atoms with Gasteiger partial charge in [-0.2, -0.15) is 5.10 Å². The van der Waals surface area contributed by atoms with Gasteiger partial charge in [0.1, 0.15) is 18.1 Å². The van der Waals surface area contributed by atoms with Crippen LogP contribution in [0.3, 0.4) is 0 Å². The minimum atomic E-state index is -0.123. The fourth-order valence-corrected chi connectivity index (χ4v) is 2.14. The van der Waals surface area contributed by atoms with E-state index in [-0.39, 0.29) is 5.56 Å². The summed E-state index contributed by atoms with van der Waals surface area (Å²) in [6, 6.07) is 5.39. The van der Waals surface area contributed by atoms with Gasteiger partial charge in [0.25, 0.3) is 5.56 Å². The molecule has 0 aliphatic rings. The predicted octanol–water partition coefficient (Wildman–Crippen LogP) is 1.45. The summed E-state index contributed by atoms with van der Waals surface area (Å²) >= 11 is 0. The van der Waals surface area contributed by atoms with Crippen LogP contribution in [-0.4, -0.2) is 30.4 Å². The second kappa shape index (κ2) is 7.08. The summed E-state index contributed by atoms with van der Waals surface area (Å²) in [5.41, 5.74) is 0.718. The SMILES string of the molecule is CCCN(C)c1cnn(Cc2ccc(CNC)o2)c(=O)c1. The van der Waals surface area contributed by atoms with E-state index in [9.17, 15) is 4.79 Å². The molecule has 0 bridgehead atoms. The molecule has 0 saturated carbocycles. The molecule has 0 saturated heterocycles. The number of aromatic nitrogens is 2. The van der Waals surface area contributed by atoms with Crippen LogP contribution in [0.1, 0.15) is 24.9 Å². The van der Waals surface area contributed by atoms with Crippen molar-refractivity contribution < 1.29 is 4.42 Å². The number of hydrogen-bond donors (Lipinski definition) is 1. The van der Waals surface area contributed by atoms with Crippen LogP contribution in [0.2, 0.25) is 0 Å². The summed E-state index contributed by atoms with van der Waals surface area (Å²) in [6.45, 7) is 4.02. The molecule has 21 heavy (non-hydrogen) atoms. The van der Waals surface area contributed by atoms with E-state index in [1.807, 2.05) is 31.1 Å². The molecule has 0 amide bonds. The highest BCUT2D eigenvalue weighted by Gasteiger charge is 2.07. The van der Waals surface area contributed by atoms with Crippen LogP contribution in [0.4, 0.5) is 5.69 Å². The molecule has 0 atom stereocenters. The largest absolute Gasteiger partial charge is 0.463 e. The molecule has 0 spiro atoms. The van der Waals surface area contributed by atoms with Gasteiger partial charge in [-0.1, -0.05) is 6.92 Å². The second-order valence-electron chi connectivity index (χ2n) is 5.03. The first kappa shape index (κ1) is 15.3. The van der Waals surface area contributed by atoms with Crippen LogP contribution in [0.5, 0.6) is 0 Å². The topological polar surface area (TPSA) is 63.3 Å². The highest BCUT2D eigenvalue weighted by molar-refractivity contribution is 5.41. The van der Waals surface area contributed by atoms with E-state index in [1.165, 1.54) is 4.68 Å². The van der Waals surface area contributed by atoms with Gasteiger partial charge >= 0.3 is 0 Å². The average Bonchev–Trinajstić information content (AvgIpc) is 2.89. The third-order valence-corrected chi connectivity index (χ3v) is 3.23. The van der Waals surface area contributed by atoms with E-state index in [4.69, 9.17) is 4.42 Å². The first-order valence-electron chi connectivity index (χ1n) is 7.14. The van der Waals surface area contributed by atoms with E-state index in [0.717, 1.165) is 30.2 Å². The Balaban J connectivity index is 2.11. The normalized spacial score (nSPS) is 10.8. The second-order valence-corrected chi connectivity index (χ2v) is 5.03. The third-order valence-electron chi connectivity index (χ3n) is 3.23. The molecule has 0 unspecified atom stereocenters. The lowest BCUT2D eigenvalue weighted by molar-refractivity contribution is 0.431. The Labute approximate surface area is 124 Å². The van der Waals surface area contributed by atoms with Crippen LogP contribution < -0.4 is 15.8 Å². The lowest BCUT2D eigenvalue weighted by Crippen LogP contribution is -2.26. The van der Waals surface area contributed by atoms with Crippen molar-refractivity contribution in [2.75, 3.05) is 25.5 Å². The van der Waals surface area contributed by atoms with Crippen molar-refractivity contribution in [2.45, 2.75) is 26.4 Å². The molecule has 0 aliphatic carbocycles. The smallest absolute Gasteiger partial charge is 0.269 e. The molecule has 6 nitrogen and oxygen atoms in total. The molecule has 114 valence electrons. The van der Waals surface area contributed by atoms with E-state index in [1.54, 1.807) is 12.3 Å². The van der Waals surface area contributed by atoms with Crippen molar-refractivity contribution in [3.05, 3.63) is 46.3 Å². The van der Waals surface area contributed by atoms with Crippen LogP contribution >= 0.6 is 0 Å². The van der Waals surface area contributed by atoms with Gasteiger partial charge < -0.3 is 14.6 Å². The Morgan fingerprint density at radius 1 is 1.38 bits per heavy atom. The predicted molar refractivity (Wildman–Crippen MR) is 82.6 cm³/mol. The Morgan fingerprint density at radius 3 is 2.81 bits per heavy atom. The zero-order valence-corrected chi connectivity index (χ0v) is 12.8. The van der Waals surface area contributed by atoms with Crippen molar-refractivity contribution in [2.24, 2.45) is 0 Å². The maximum absolute atomic E-state index is 12.1. The fraction of sp³-hybridized carbons (Fsp3) is 0.467. The lowest BCUT2D eigenvalue weighted by Gasteiger charge is -2.17. The minimum absolute atomic E-state index is 0.123. The maximum Gasteiger partial charge on any atom is 0.269 e. The standard InChI is InChI=1S/C15H22N4O2/c1-4-7-18(3)12-8-15(20)19(17-9-12)11-14-6-5-13(21-14)10-16-2/h5-6,8-9,16H,4,7,10-11H2,1-3H3. The van der Waals surface area contributed by atoms with Crippen molar-refractivity contribution in [3.63, 3.8) is 0 Å². The van der Waals surface area contributed by atoms with E-state index < -0.39 is 0 Å². The summed E-state index contributed by atoms with van der Waals surface area (Å²) in [6.07, 6.45) is 2.74. The van der Waals surface area contributed by atoms with Crippen molar-refractivity contribution in [3.8, 4) is 0 Å². The van der Waals surface area contributed by atoms with Crippen molar-refractivity contribution in [1.82, 2.24) is 15.1 Å². The molecular weight excluding hydrogens is 268 g/mol. The number of nitrogens with zero attached hydrogens (tertiary/aromatic N) is 3. The van der Waals surface area contributed by atoms with Crippen LogP contribution in [0, 0.1) is 0 Å². The fourth-order valence-electron chi connectivity index (χ4n) is 2.14. The summed E-state index contributed by atoms with van der Waals surface area (Å²) < 4.78 is 7.03. The minimum Gasteiger partial charge on any atom is -0.463 e. The molecule has 0 aliphatic heterocycles. The number of anilines is 1. The summed E-state index contributed by atoms with van der Waals surface area (Å²) in [5.74, 6) is 1.57. The molecule has 2 heterocycles. The Bertz CT molecular complexity index is 633. The van der Waals surface area contributed by atoms with Gasteiger partial charge in [0.05, 0.1) is 18.4 Å². The Morgan fingerprint density at radius 2 is 2.14 bits per heavy atom. The van der Waals surface area contributed by atoms with Gasteiger partial charge in [0, 0.05) is 19.7 Å². The van der Waals surface area contributed by atoms with Crippen molar-refractivity contribution in [1.29, 1.82) is 0 Å². The number of nitrogens with one attached hydrogen (secondary N) is 1. The molecule has 1 N–H and O–H groups in total. The Hall–Kier alpha value is -2.08. The van der Waals surface area contributed by atoms with Crippen LogP contribution in [0.25, 0.3) is 0 Å². The zero-order chi connectivity index (χ0) is 15.2. The van der Waals surface area contributed by atoms with E-state index in [2.05, 4.69) is 17.3 Å². The van der Waals surface area contributed by atoms with Crippen LogP contribution in [-0.2, 0) is 13.1 Å². The molecule has 0 aromatic carbocycles. The van der Waals surface area contributed by atoms with Gasteiger partial charge in [-0.25, -0.2) is 4.68 Å². The summed E-state index contributed by atoms with van der Waals surface area (Å²) in [5, 5.41) is 7.24. The maximum atomic E-state index is 12.1. The first-order chi connectivity index (χ1) is 10.1. The molecular formula is C15H22N4O2. The molecule has 2 rings (SSSR count). The first-order valence-corrected chi connectivity index (χ1v) is 7.14. The van der Waals surface area contributed by atoms with Crippen molar-refractivity contribution >= 4 is 5.69 Å². The highest BCUT2D eigenvalue weighted by Crippen LogP contribution is 2.10. The molecule has 2 aromatic rings. The Kier molecular flexibility index (Phi) is 5.16. The molecule has 6 heteroatoms. The molecule has 0 fully saturated rings. The quantitative estimate of drug-likeness (QED) is 0.836. The highest BCUT2D eigenvalue weighted by atomic mass is 16.3.